The Morgan fingerprint density at radius 3 is 2.70 bits per heavy atom. The number of rotatable bonds is 5. The van der Waals surface area contributed by atoms with E-state index in [9.17, 15) is 13.2 Å². The molecule has 2 fully saturated rings. The monoisotopic (exact) mass is 446 g/mol. The van der Waals surface area contributed by atoms with Crippen molar-refractivity contribution >= 4 is 38.4 Å². The molecular formula is C21H22N2O5S2. The third kappa shape index (κ3) is 4.17. The number of aliphatic imine (C=N–C) groups is 1. The van der Waals surface area contributed by atoms with Gasteiger partial charge in [-0.15, -0.1) is 0 Å². The second kappa shape index (κ2) is 8.31. The number of nitrogens with zero attached hydrogens (tertiary/aromatic N) is 2. The quantitative estimate of drug-likeness (QED) is 0.698. The van der Waals surface area contributed by atoms with Gasteiger partial charge in [-0.25, -0.2) is 8.42 Å². The molecule has 0 unspecified atom stereocenters. The van der Waals surface area contributed by atoms with Gasteiger partial charge in [0.2, 0.25) is 0 Å². The molecule has 2 saturated heterocycles. The van der Waals surface area contributed by atoms with E-state index < -0.39 is 9.84 Å². The van der Waals surface area contributed by atoms with Crippen molar-refractivity contribution in [2.45, 2.75) is 17.7 Å². The average Bonchev–Trinajstić information content (AvgIpc) is 3.18. The van der Waals surface area contributed by atoms with E-state index in [4.69, 9.17) is 9.47 Å². The molecule has 4 rings (SSSR count). The Morgan fingerprint density at radius 1 is 1.13 bits per heavy atom. The molecule has 7 nitrogen and oxygen atoms in total. The summed E-state index contributed by atoms with van der Waals surface area (Å²) in [5, 5.41) is 0.368. The van der Waals surface area contributed by atoms with Gasteiger partial charge < -0.3 is 14.4 Å². The highest BCUT2D eigenvalue weighted by Crippen LogP contribution is 2.41. The number of sulfone groups is 1. The van der Waals surface area contributed by atoms with Crippen molar-refractivity contribution in [3.05, 3.63) is 54.1 Å². The molecule has 0 bridgehead atoms. The van der Waals surface area contributed by atoms with E-state index in [1.165, 1.54) is 11.8 Å². The van der Waals surface area contributed by atoms with Crippen LogP contribution in [0.4, 0.5) is 5.69 Å². The Bertz CT molecular complexity index is 1100. The Labute approximate surface area is 180 Å². The van der Waals surface area contributed by atoms with Crippen LogP contribution in [0.1, 0.15) is 5.56 Å². The maximum absolute atomic E-state index is 12.8. The third-order valence-electron chi connectivity index (χ3n) is 5.15. The molecule has 0 aliphatic carbocycles. The van der Waals surface area contributed by atoms with Crippen LogP contribution in [0.15, 0.2) is 53.5 Å². The molecule has 0 aromatic heterocycles. The highest BCUT2D eigenvalue weighted by atomic mass is 32.2. The molecule has 2 aromatic rings. The fraction of sp³-hybridized carbons (Fsp3) is 0.333. The zero-order valence-corrected chi connectivity index (χ0v) is 18.3. The normalized spacial score (nSPS) is 23.4. The van der Waals surface area contributed by atoms with Crippen LogP contribution in [-0.2, 0) is 21.1 Å². The second-order valence-corrected chi connectivity index (χ2v) is 10.5. The Morgan fingerprint density at radius 2 is 1.93 bits per heavy atom. The van der Waals surface area contributed by atoms with Crippen molar-refractivity contribution in [3.63, 3.8) is 0 Å². The number of hydrogen-bond acceptors (Lipinski definition) is 6. The highest BCUT2D eigenvalue weighted by molar-refractivity contribution is 8.16. The number of amidine groups is 1. The first kappa shape index (κ1) is 20.7. The fourth-order valence-electron chi connectivity index (χ4n) is 3.78. The highest BCUT2D eigenvalue weighted by Gasteiger charge is 2.49. The van der Waals surface area contributed by atoms with Crippen molar-refractivity contribution in [2.75, 3.05) is 30.6 Å². The lowest BCUT2D eigenvalue weighted by Crippen LogP contribution is -2.37. The molecular weight excluding hydrogens is 424 g/mol. The van der Waals surface area contributed by atoms with Gasteiger partial charge in [0.1, 0.15) is 11.5 Å². The number of anilines is 1. The topological polar surface area (TPSA) is 85.3 Å². The van der Waals surface area contributed by atoms with Crippen LogP contribution >= 0.6 is 11.8 Å². The van der Waals surface area contributed by atoms with Crippen molar-refractivity contribution in [3.8, 4) is 11.5 Å². The zero-order valence-electron chi connectivity index (χ0n) is 16.6. The summed E-state index contributed by atoms with van der Waals surface area (Å²) in [5.74, 6) is 1.11. The number of carbonyl (C=O) groups excluding carboxylic acids is 1. The number of carbonyl (C=O) groups is 1. The van der Waals surface area contributed by atoms with E-state index in [1.807, 2.05) is 47.4 Å². The van der Waals surface area contributed by atoms with E-state index in [-0.39, 0.29) is 35.1 Å². The van der Waals surface area contributed by atoms with Crippen molar-refractivity contribution < 1.29 is 22.7 Å². The lowest BCUT2D eigenvalue weighted by Gasteiger charge is -2.24. The van der Waals surface area contributed by atoms with Crippen LogP contribution in [0.5, 0.6) is 11.5 Å². The number of amides is 1. The smallest absolute Gasteiger partial charge is 0.252 e. The van der Waals surface area contributed by atoms with Crippen molar-refractivity contribution in [1.29, 1.82) is 0 Å². The standard InChI is InChI=1S/C21H22N2O5S2/c1-27-16-8-5-7-15(11-16)23-17-12-30(25,26)13-19(17)29-21(23)22-20(24)10-14-6-3-4-9-18(14)28-2/h3-9,11,17,19H,10,12-13H2,1-2H3/t17-,19+/m0/s1. The average molecular weight is 447 g/mol. The van der Waals surface area contributed by atoms with Gasteiger partial charge >= 0.3 is 0 Å². The van der Waals surface area contributed by atoms with Gasteiger partial charge in [-0.1, -0.05) is 36.0 Å². The van der Waals surface area contributed by atoms with Crippen molar-refractivity contribution in [2.24, 2.45) is 4.99 Å². The summed E-state index contributed by atoms with van der Waals surface area (Å²) in [6, 6.07) is 14.4. The number of methoxy groups -OCH3 is 2. The summed E-state index contributed by atoms with van der Waals surface area (Å²) in [4.78, 5) is 19.0. The van der Waals surface area contributed by atoms with Gasteiger partial charge in [-0.2, -0.15) is 4.99 Å². The van der Waals surface area contributed by atoms with Crippen molar-refractivity contribution in [1.82, 2.24) is 0 Å². The summed E-state index contributed by atoms with van der Waals surface area (Å²) >= 11 is 1.35. The van der Waals surface area contributed by atoms with Crippen LogP contribution in [0.25, 0.3) is 0 Å². The number of thioether (sulfide) groups is 1. The Balaban J connectivity index is 1.66. The Kier molecular flexibility index (Phi) is 5.75. The molecule has 0 radical (unpaired) electrons. The number of para-hydroxylation sites is 1. The maximum atomic E-state index is 12.8. The summed E-state index contributed by atoms with van der Waals surface area (Å²) in [7, 11) is 0.0177. The molecule has 2 aliphatic rings. The minimum absolute atomic E-state index is 0.0432. The van der Waals surface area contributed by atoms with E-state index >= 15 is 0 Å². The molecule has 2 heterocycles. The van der Waals surface area contributed by atoms with Crippen LogP contribution in [0.3, 0.4) is 0 Å². The maximum Gasteiger partial charge on any atom is 0.252 e. The molecule has 0 saturated carbocycles. The summed E-state index contributed by atoms with van der Waals surface area (Å²) < 4.78 is 35.0. The minimum Gasteiger partial charge on any atom is -0.497 e. The number of hydrogen-bond donors (Lipinski definition) is 0. The molecule has 1 amide bonds. The van der Waals surface area contributed by atoms with Gasteiger partial charge in [0.25, 0.3) is 5.91 Å². The van der Waals surface area contributed by atoms with Crippen LogP contribution in [0, 0.1) is 0 Å². The predicted molar refractivity (Wildman–Crippen MR) is 118 cm³/mol. The molecule has 30 heavy (non-hydrogen) atoms. The molecule has 0 N–H and O–H groups in total. The second-order valence-electron chi connectivity index (χ2n) is 7.15. The Hall–Kier alpha value is -2.52. The number of fused-ring (bicyclic) bond motifs is 1. The summed E-state index contributed by atoms with van der Waals surface area (Å²) in [6.45, 7) is 0. The lowest BCUT2D eigenvalue weighted by molar-refractivity contribution is -0.117. The van der Waals surface area contributed by atoms with Gasteiger partial charge in [0.15, 0.2) is 15.0 Å². The third-order valence-corrected chi connectivity index (χ3v) is 8.36. The molecule has 0 spiro atoms. The minimum atomic E-state index is -3.12. The lowest BCUT2D eigenvalue weighted by atomic mass is 10.1. The van der Waals surface area contributed by atoms with Crippen LogP contribution in [-0.4, -0.2) is 56.5 Å². The number of ether oxygens (including phenoxy) is 2. The fourth-order valence-corrected chi connectivity index (χ4v) is 7.72. The van der Waals surface area contributed by atoms with E-state index in [1.54, 1.807) is 20.3 Å². The molecule has 2 aromatic carbocycles. The number of benzene rings is 2. The van der Waals surface area contributed by atoms with Gasteiger partial charge in [-0.3, -0.25) is 4.79 Å². The van der Waals surface area contributed by atoms with Crippen LogP contribution in [0.2, 0.25) is 0 Å². The first-order valence-corrected chi connectivity index (χ1v) is 12.1. The SMILES string of the molecule is COc1cccc(N2C(=NC(=O)Cc3ccccc3OC)S[C@@H]3CS(=O)(=O)C[C@@H]32)c1. The van der Waals surface area contributed by atoms with Crippen LogP contribution < -0.4 is 14.4 Å². The molecule has 2 aliphatic heterocycles. The van der Waals surface area contributed by atoms with Gasteiger partial charge in [-0.05, 0) is 18.2 Å². The van der Waals surface area contributed by atoms with E-state index in [0.717, 1.165) is 11.3 Å². The zero-order chi connectivity index (χ0) is 21.3. The molecule has 2 atom stereocenters. The van der Waals surface area contributed by atoms with E-state index in [0.29, 0.717) is 16.7 Å². The van der Waals surface area contributed by atoms with Gasteiger partial charge in [0, 0.05) is 22.6 Å². The van der Waals surface area contributed by atoms with E-state index in [2.05, 4.69) is 4.99 Å². The molecule has 9 heteroatoms. The first-order chi connectivity index (χ1) is 14.4. The molecule has 158 valence electrons. The largest absolute Gasteiger partial charge is 0.497 e. The predicted octanol–water partition coefficient (Wildman–Crippen LogP) is 2.55. The van der Waals surface area contributed by atoms with Gasteiger partial charge in [0.05, 0.1) is 38.2 Å². The summed E-state index contributed by atoms with van der Waals surface area (Å²) in [5.41, 5.74) is 1.52. The summed E-state index contributed by atoms with van der Waals surface area (Å²) in [6.07, 6.45) is 0.105. The first-order valence-electron chi connectivity index (χ1n) is 9.44.